The van der Waals surface area contributed by atoms with Gasteiger partial charge < -0.3 is 13.3 Å². The van der Waals surface area contributed by atoms with E-state index in [0.29, 0.717) is 19.8 Å². The van der Waals surface area contributed by atoms with Crippen molar-refractivity contribution in [2.24, 2.45) is 0 Å². The predicted octanol–water partition coefficient (Wildman–Crippen LogP) is 12.6. The molecular formula is C34H71BrO3Si. The summed E-state index contributed by atoms with van der Waals surface area (Å²) in [6, 6.07) is 0.973. The van der Waals surface area contributed by atoms with Crippen molar-refractivity contribution >= 4 is 24.7 Å². The molecule has 0 saturated heterocycles. The van der Waals surface area contributed by atoms with Gasteiger partial charge in [-0.05, 0) is 33.6 Å². The second-order valence-corrected chi connectivity index (χ2v) is 15.1. The van der Waals surface area contributed by atoms with Crippen molar-refractivity contribution in [2.75, 3.05) is 25.2 Å². The first-order valence-electron chi connectivity index (χ1n) is 17.7. The summed E-state index contributed by atoms with van der Waals surface area (Å²) in [6.07, 6.45) is 37.1. The van der Waals surface area contributed by atoms with Gasteiger partial charge in [-0.1, -0.05) is 170 Å². The van der Waals surface area contributed by atoms with Crippen molar-refractivity contribution in [1.82, 2.24) is 0 Å². The molecule has 0 radical (unpaired) electrons. The molecule has 0 aliphatic heterocycles. The van der Waals surface area contributed by atoms with Crippen molar-refractivity contribution < 1.29 is 13.3 Å². The quantitative estimate of drug-likeness (QED) is 0.0400. The molecule has 0 saturated carbocycles. The first kappa shape index (κ1) is 39.6. The predicted molar refractivity (Wildman–Crippen MR) is 179 cm³/mol. The average molecular weight is 636 g/mol. The highest BCUT2D eigenvalue weighted by Gasteiger charge is 2.39. The largest absolute Gasteiger partial charge is 0.500 e. The SMILES string of the molecule is CCO[Si](CCCCCCCCCCCCCCCCCCCCCCCCCCCCBr)(OCC)OCC. The van der Waals surface area contributed by atoms with Gasteiger partial charge in [0, 0.05) is 31.2 Å². The highest BCUT2D eigenvalue weighted by molar-refractivity contribution is 9.09. The Balaban J connectivity index is 3.27. The van der Waals surface area contributed by atoms with Crippen LogP contribution in [0.1, 0.15) is 188 Å². The maximum atomic E-state index is 5.96. The molecular weight excluding hydrogens is 564 g/mol. The summed E-state index contributed by atoms with van der Waals surface area (Å²) < 4.78 is 17.9. The van der Waals surface area contributed by atoms with Gasteiger partial charge >= 0.3 is 8.80 Å². The Kier molecular flexibility index (Phi) is 33.6. The summed E-state index contributed by atoms with van der Waals surface area (Å²) in [4.78, 5) is 0. The average Bonchev–Trinajstić information content (AvgIpc) is 2.93. The van der Waals surface area contributed by atoms with Crippen LogP contribution in [0.4, 0.5) is 0 Å². The molecule has 0 bridgehead atoms. The lowest BCUT2D eigenvalue weighted by molar-refractivity contribution is 0.0706. The fourth-order valence-electron chi connectivity index (χ4n) is 5.68. The van der Waals surface area contributed by atoms with Gasteiger partial charge in [0.2, 0.25) is 0 Å². The summed E-state index contributed by atoms with van der Waals surface area (Å²) in [6.45, 7) is 8.18. The van der Waals surface area contributed by atoms with Crippen LogP contribution in [0.3, 0.4) is 0 Å². The van der Waals surface area contributed by atoms with Crippen LogP contribution in [-0.4, -0.2) is 34.0 Å². The minimum absolute atomic E-state index is 0.686. The van der Waals surface area contributed by atoms with Crippen molar-refractivity contribution in [3.63, 3.8) is 0 Å². The maximum absolute atomic E-state index is 5.96. The molecule has 0 aromatic rings. The van der Waals surface area contributed by atoms with Crippen LogP contribution >= 0.6 is 15.9 Å². The van der Waals surface area contributed by atoms with Crippen molar-refractivity contribution in [3.8, 4) is 0 Å². The van der Waals surface area contributed by atoms with Gasteiger partial charge in [0.25, 0.3) is 0 Å². The highest BCUT2D eigenvalue weighted by Crippen LogP contribution is 2.21. The Labute approximate surface area is 256 Å². The Morgan fingerprint density at radius 2 is 0.538 bits per heavy atom. The standard InChI is InChI=1S/C34H71BrO3Si/c1-4-36-39(37-5-2,38-6-3)34-32-30-28-26-24-22-20-18-16-14-12-10-8-7-9-11-13-15-17-19-21-23-25-27-29-31-33-35/h4-34H2,1-3H3. The van der Waals surface area contributed by atoms with E-state index in [1.165, 1.54) is 172 Å². The van der Waals surface area contributed by atoms with Gasteiger partial charge in [-0.2, -0.15) is 0 Å². The fraction of sp³-hybridized carbons (Fsp3) is 1.00. The van der Waals surface area contributed by atoms with Gasteiger partial charge in [0.05, 0.1) is 0 Å². The van der Waals surface area contributed by atoms with E-state index in [0.717, 1.165) is 6.04 Å². The highest BCUT2D eigenvalue weighted by atomic mass is 79.9. The lowest BCUT2D eigenvalue weighted by Crippen LogP contribution is -2.45. The molecule has 0 aromatic heterocycles. The van der Waals surface area contributed by atoms with Crippen LogP contribution in [0.2, 0.25) is 6.04 Å². The molecule has 0 aliphatic carbocycles. The Bertz CT molecular complexity index is 435. The fourth-order valence-corrected chi connectivity index (χ4v) is 8.76. The number of hydrogen-bond acceptors (Lipinski definition) is 3. The van der Waals surface area contributed by atoms with Gasteiger partial charge in [-0.15, -0.1) is 0 Å². The van der Waals surface area contributed by atoms with Crippen LogP contribution in [0.15, 0.2) is 0 Å². The summed E-state index contributed by atoms with van der Waals surface area (Å²) in [7, 11) is -2.42. The molecule has 0 aliphatic rings. The smallest absolute Gasteiger partial charge is 0.374 e. The number of unbranched alkanes of at least 4 members (excludes halogenated alkanes) is 25. The zero-order chi connectivity index (χ0) is 28.5. The first-order chi connectivity index (χ1) is 19.2. The van der Waals surface area contributed by atoms with Crippen LogP contribution in [0.25, 0.3) is 0 Å². The monoisotopic (exact) mass is 634 g/mol. The molecule has 0 spiro atoms. The summed E-state index contributed by atoms with van der Waals surface area (Å²) in [5.41, 5.74) is 0. The van der Waals surface area contributed by atoms with Gasteiger partial charge in [-0.25, -0.2) is 0 Å². The minimum Gasteiger partial charge on any atom is -0.374 e. The van der Waals surface area contributed by atoms with Crippen LogP contribution in [0.5, 0.6) is 0 Å². The van der Waals surface area contributed by atoms with E-state index in [1.54, 1.807) is 0 Å². The topological polar surface area (TPSA) is 27.7 Å². The Morgan fingerprint density at radius 1 is 0.333 bits per heavy atom. The Hall–Kier alpha value is 0.577. The van der Waals surface area contributed by atoms with Crippen LogP contribution in [-0.2, 0) is 13.3 Å². The van der Waals surface area contributed by atoms with E-state index in [9.17, 15) is 0 Å². The van der Waals surface area contributed by atoms with E-state index in [4.69, 9.17) is 13.3 Å². The first-order valence-corrected chi connectivity index (χ1v) is 20.8. The van der Waals surface area contributed by atoms with E-state index in [2.05, 4.69) is 15.9 Å². The van der Waals surface area contributed by atoms with Gasteiger partial charge in [-0.3, -0.25) is 0 Å². The summed E-state index contributed by atoms with van der Waals surface area (Å²) in [5.74, 6) is 0. The molecule has 0 unspecified atom stereocenters. The second-order valence-electron chi connectivity index (χ2n) is 11.6. The van der Waals surface area contributed by atoms with E-state index >= 15 is 0 Å². The minimum atomic E-state index is -2.42. The number of rotatable bonds is 34. The number of halogens is 1. The summed E-state index contributed by atoms with van der Waals surface area (Å²) in [5, 5.41) is 1.18. The van der Waals surface area contributed by atoms with Crippen LogP contribution in [0, 0.1) is 0 Å². The molecule has 0 N–H and O–H groups in total. The third kappa shape index (κ3) is 28.5. The number of alkyl halides is 1. The molecule has 0 heterocycles. The molecule has 0 rings (SSSR count). The molecule has 3 nitrogen and oxygen atoms in total. The molecule has 0 amide bonds. The van der Waals surface area contributed by atoms with E-state index < -0.39 is 8.80 Å². The second kappa shape index (κ2) is 33.1. The molecule has 0 atom stereocenters. The van der Waals surface area contributed by atoms with Crippen LogP contribution < -0.4 is 0 Å². The van der Waals surface area contributed by atoms with E-state index in [1.807, 2.05) is 20.8 Å². The van der Waals surface area contributed by atoms with Crippen molar-refractivity contribution in [2.45, 2.75) is 194 Å². The lowest BCUT2D eigenvalue weighted by atomic mass is 10.0. The normalized spacial score (nSPS) is 12.0. The molecule has 5 heteroatoms. The van der Waals surface area contributed by atoms with Crippen molar-refractivity contribution in [1.29, 1.82) is 0 Å². The van der Waals surface area contributed by atoms with Gasteiger partial charge in [0.1, 0.15) is 0 Å². The third-order valence-electron chi connectivity index (χ3n) is 7.96. The molecule has 39 heavy (non-hydrogen) atoms. The lowest BCUT2D eigenvalue weighted by Gasteiger charge is -2.28. The summed E-state index contributed by atoms with van der Waals surface area (Å²) >= 11 is 3.52. The van der Waals surface area contributed by atoms with E-state index in [-0.39, 0.29) is 0 Å². The number of hydrogen-bond donors (Lipinski definition) is 0. The van der Waals surface area contributed by atoms with Gasteiger partial charge in [0.15, 0.2) is 0 Å². The Morgan fingerprint density at radius 3 is 0.744 bits per heavy atom. The zero-order valence-electron chi connectivity index (χ0n) is 27.0. The third-order valence-corrected chi connectivity index (χ3v) is 11.7. The molecule has 0 aromatic carbocycles. The maximum Gasteiger partial charge on any atom is 0.500 e. The molecule has 0 fully saturated rings. The van der Waals surface area contributed by atoms with Crippen molar-refractivity contribution in [3.05, 3.63) is 0 Å². The zero-order valence-corrected chi connectivity index (χ0v) is 29.6. The molecule has 236 valence electrons.